The lowest BCUT2D eigenvalue weighted by molar-refractivity contribution is -0.134. The Bertz CT molecular complexity index is 1010. The van der Waals surface area contributed by atoms with E-state index in [1.807, 2.05) is 45.0 Å². The van der Waals surface area contributed by atoms with Gasteiger partial charge in [0, 0.05) is 4.90 Å². The number of carbonyl (C=O) groups excluding carboxylic acids is 1. The van der Waals surface area contributed by atoms with Crippen LogP contribution < -0.4 is 0 Å². The summed E-state index contributed by atoms with van der Waals surface area (Å²) in [5.74, 6) is -0.600. The molecule has 1 aliphatic rings. The van der Waals surface area contributed by atoms with E-state index in [-0.39, 0.29) is 10.8 Å². The summed E-state index contributed by atoms with van der Waals surface area (Å²) < 4.78 is 33.4. The second-order valence-corrected chi connectivity index (χ2v) is 9.83. The lowest BCUT2D eigenvalue weighted by atomic mass is 9.96. The van der Waals surface area contributed by atoms with Crippen LogP contribution in [0.25, 0.3) is 0 Å². The summed E-state index contributed by atoms with van der Waals surface area (Å²) >= 11 is 1.26. The van der Waals surface area contributed by atoms with Crippen molar-refractivity contribution in [2.45, 2.75) is 36.6 Å². The normalized spacial score (nSPS) is 18.2. The van der Waals surface area contributed by atoms with Gasteiger partial charge in [-0.2, -0.15) is 0 Å². The van der Waals surface area contributed by atoms with Gasteiger partial charge in [-0.1, -0.05) is 61.5 Å². The van der Waals surface area contributed by atoms with Gasteiger partial charge in [-0.15, -0.1) is 0 Å². The molecule has 1 atom stereocenters. The number of sulfonamides is 1. The Balaban J connectivity index is 2.24. The molecule has 0 aliphatic carbocycles. The molecule has 0 amide bonds. The Morgan fingerprint density at radius 1 is 1.14 bits per heavy atom. The number of hydrogen-bond acceptors (Lipinski definition) is 5. The number of carbonyl (C=O) groups is 1. The quantitative estimate of drug-likeness (QED) is 0.541. The standard InChI is InChI=1S/C21H23NO4S2/c1-14(2)21-17-7-5-6-8-18(17)27-19(13-20(23)26-4)22(21)28(24,25)16-11-9-15(3)10-12-16/h5-14,21H,1-4H3/b19-13-/t21-/m1/s1. The first kappa shape index (κ1) is 20.5. The molecule has 1 heterocycles. The highest BCUT2D eigenvalue weighted by atomic mass is 32.2. The monoisotopic (exact) mass is 417 g/mol. The first-order valence-electron chi connectivity index (χ1n) is 8.93. The molecular formula is C21H23NO4S2. The summed E-state index contributed by atoms with van der Waals surface area (Å²) in [4.78, 5) is 13.1. The van der Waals surface area contributed by atoms with Crippen LogP contribution >= 0.6 is 11.8 Å². The Labute approximate surface area is 170 Å². The second kappa shape index (κ2) is 8.01. The molecule has 3 rings (SSSR count). The van der Waals surface area contributed by atoms with Gasteiger partial charge < -0.3 is 4.74 Å². The maximum absolute atomic E-state index is 13.6. The van der Waals surface area contributed by atoms with E-state index in [9.17, 15) is 13.2 Å². The zero-order valence-corrected chi connectivity index (χ0v) is 17.9. The number of esters is 1. The molecule has 0 spiro atoms. The molecule has 0 saturated heterocycles. The van der Waals surface area contributed by atoms with Gasteiger partial charge in [0.1, 0.15) is 0 Å². The van der Waals surface area contributed by atoms with Crippen LogP contribution in [0.2, 0.25) is 0 Å². The van der Waals surface area contributed by atoms with Crippen molar-refractivity contribution in [3.8, 4) is 0 Å². The van der Waals surface area contributed by atoms with Crippen molar-refractivity contribution in [1.82, 2.24) is 4.31 Å². The molecule has 5 nitrogen and oxygen atoms in total. The van der Waals surface area contributed by atoms with Crippen LogP contribution in [0.4, 0.5) is 0 Å². The van der Waals surface area contributed by atoms with E-state index in [0.29, 0.717) is 5.03 Å². The number of benzene rings is 2. The van der Waals surface area contributed by atoms with Gasteiger partial charge in [0.2, 0.25) is 0 Å². The molecule has 0 fully saturated rings. The number of aryl methyl sites for hydroxylation is 1. The van der Waals surface area contributed by atoms with Crippen molar-refractivity contribution in [2.24, 2.45) is 5.92 Å². The van der Waals surface area contributed by atoms with Crippen LogP contribution in [-0.2, 0) is 19.6 Å². The summed E-state index contributed by atoms with van der Waals surface area (Å²) in [5, 5.41) is 0.338. The largest absolute Gasteiger partial charge is 0.466 e. The van der Waals surface area contributed by atoms with Crippen molar-refractivity contribution >= 4 is 27.8 Å². The summed E-state index contributed by atoms with van der Waals surface area (Å²) in [7, 11) is -2.60. The molecule has 28 heavy (non-hydrogen) atoms. The fourth-order valence-electron chi connectivity index (χ4n) is 3.21. The third-order valence-corrected chi connectivity index (χ3v) is 7.61. The zero-order chi connectivity index (χ0) is 20.5. The number of hydrogen-bond donors (Lipinski definition) is 0. The highest BCUT2D eigenvalue weighted by Crippen LogP contribution is 2.49. The van der Waals surface area contributed by atoms with Crippen molar-refractivity contribution in [1.29, 1.82) is 0 Å². The Morgan fingerprint density at radius 2 is 1.79 bits per heavy atom. The van der Waals surface area contributed by atoms with Crippen LogP contribution in [-0.4, -0.2) is 25.8 Å². The smallest absolute Gasteiger partial charge is 0.333 e. The maximum atomic E-state index is 13.6. The third-order valence-electron chi connectivity index (χ3n) is 4.57. The van der Waals surface area contributed by atoms with Gasteiger partial charge in [0.25, 0.3) is 10.0 Å². The number of nitrogens with zero attached hydrogens (tertiary/aromatic N) is 1. The van der Waals surface area contributed by atoms with Crippen molar-refractivity contribution < 1.29 is 17.9 Å². The average Bonchev–Trinajstić information content (AvgIpc) is 2.66. The maximum Gasteiger partial charge on any atom is 0.333 e. The Kier molecular flexibility index (Phi) is 5.86. The lowest BCUT2D eigenvalue weighted by Crippen LogP contribution is -2.38. The zero-order valence-electron chi connectivity index (χ0n) is 16.2. The lowest BCUT2D eigenvalue weighted by Gasteiger charge is -2.40. The molecule has 7 heteroatoms. The van der Waals surface area contributed by atoms with Gasteiger partial charge in [-0.25, -0.2) is 13.2 Å². The van der Waals surface area contributed by atoms with Gasteiger partial charge in [0.05, 0.1) is 29.2 Å². The number of methoxy groups -OCH3 is 1. The van der Waals surface area contributed by atoms with Gasteiger partial charge in [-0.05, 0) is 36.6 Å². The van der Waals surface area contributed by atoms with Gasteiger partial charge >= 0.3 is 5.97 Å². The molecule has 2 aromatic carbocycles. The molecule has 0 bridgehead atoms. The number of ether oxygens (including phenoxy) is 1. The molecular weight excluding hydrogens is 394 g/mol. The molecule has 0 unspecified atom stereocenters. The number of rotatable bonds is 4. The van der Waals surface area contributed by atoms with Crippen LogP contribution in [0.5, 0.6) is 0 Å². The fraction of sp³-hybridized carbons (Fsp3) is 0.286. The van der Waals surface area contributed by atoms with E-state index >= 15 is 0 Å². The molecule has 148 valence electrons. The number of thioether (sulfide) groups is 1. The summed E-state index contributed by atoms with van der Waals surface area (Å²) in [5.41, 5.74) is 1.91. The summed E-state index contributed by atoms with van der Waals surface area (Å²) in [6.45, 7) is 5.86. The highest BCUT2D eigenvalue weighted by Gasteiger charge is 2.41. The van der Waals surface area contributed by atoms with Crippen LogP contribution in [0.3, 0.4) is 0 Å². The van der Waals surface area contributed by atoms with Gasteiger partial charge in [0.15, 0.2) is 0 Å². The van der Waals surface area contributed by atoms with E-state index in [4.69, 9.17) is 4.74 Å². The van der Waals surface area contributed by atoms with E-state index < -0.39 is 22.0 Å². The first-order chi connectivity index (χ1) is 13.3. The molecule has 0 radical (unpaired) electrons. The molecule has 1 aliphatic heterocycles. The number of fused-ring (bicyclic) bond motifs is 1. The average molecular weight is 418 g/mol. The Hall–Kier alpha value is -2.25. The molecule has 0 aromatic heterocycles. The van der Waals surface area contributed by atoms with Crippen molar-refractivity contribution in [2.75, 3.05) is 7.11 Å². The molecule has 0 saturated carbocycles. The van der Waals surface area contributed by atoms with E-state index in [0.717, 1.165) is 16.0 Å². The van der Waals surface area contributed by atoms with Crippen molar-refractivity contribution in [3.05, 3.63) is 70.8 Å². The van der Waals surface area contributed by atoms with Crippen LogP contribution in [0.15, 0.2) is 69.4 Å². The first-order valence-corrected chi connectivity index (χ1v) is 11.2. The summed E-state index contributed by atoms with van der Waals surface area (Å²) in [6, 6.07) is 14.0. The minimum absolute atomic E-state index is 0.0108. The second-order valence-electron chi connectivity index (χ2n) is 6.95. The van der Waals surface area contributed by atoms with Gasteiger partial charge in [-0.3, -0.25) is 4.31 Å². The predicted molar refractivity (Wildman–Crippen MR) is 110 cm³/mol. The summed E-state index contributed by atoms with van der Waals surface area (Å²) in [6.07, 6.45) is 1.25. The minimum Gasteiger partial charge on any atom is -0.466 e. The minimum atomic E-state index is -3.88. The molecule has 0 N–H and O–H groups in total. The molecule has 2 aromatic rings. The Morgan fingerprint density at radius 3 is 2.39 bits per heavy atom. The third kappa shape index (κ3) is 3.82. The topological polar surface area (TPSA) is 63.7 Å². The highest BCUT2D eigenvalue weighted by molar-refractivity contribution is 8.04. The van der Waals surface area contributed by atoms with Crippen LogP contribution in [0, 0.1) is 12.8 Å². The predicted octanol–water partition coefficient (Wildman–Crippen LogP) is 4.50. The van der Waals surface area contributed by atoms with Crippen molar-refractivity contribution in [3.63, 3.8) is 0 Å². The SMILES string of the molecule is COC(=O)/C=C1\Sc2ccccc2[C@@H](C(C)C)N1S(=O)(=O)c1ccc(C)cc1. The van der Waals surface area contributed by atoms with Crippen LogP contribution in [0.1, 0.15) is 31.0 Å². The van der Waals surface area contributed by atoms with E-state index in [2.05, 4.69) is 0 Å². The van der Waals surface area contributed by atoms with E-state index in [1.165, 1.54) is 29.3 Å². The fourth-order valence-corrected chi connectivity index (χ4v) is 6.31. The van der Waals surface area contributed by atoms with E-state index in [1.54, 1.807) is 24.3 Å².